The number of hydrogen-bond donors (Lipinski definition) is 0. The largest absolute Gasteiger partial charge is 0.469 e. The van der Waals surface area contributed by atoms with E-state index in [1.165, 1.54) is 78.3 Å². The van der Waals surface area contributed by atoms with Gasteiger partial charge in [-0.1, -0.05) is 192 Å². The third-order valence-corrected chi connectivity index (χ3v) is 17.3. The topological polar surface area (TPSA) is 233 Å². The Morgan fingerprint density at radius 2 is 0.667 bits per heavy atom. The zero-order valence-corrected chi connectivity index (χ0v) is 56.6. The van der Waals surface area contributed by atoms with Crippen LogP contribution in [0.25, 0.3) is 0 Å². The predicted molar refractivity (Wildman–Crippen MR) is 364 cm³/mol. The summed E-state index contributed by atoms with van der Waals surface area (Å²) in [7, 11) is 4.06. The molecular formula is C76H97N5O15. The predicted octanol–water partition coefficient (Wildman–Crippen LogP) is 10.8. The highest BCUT2D eigenvalue weighted by Crippen LogP contribution is 2.28. The van der Waals surface area contributed by atoms with Crippen LogP contribution in [0.4, 0.5) is 11.4 Å². The summed E-state index contributed by atoms with van der Waals surface area (Å²) in [5.74, 6) is -2.90. The van der Waals surface area contributed by atoms with Crippen LogP contribution in [0.3, 0.4) is 0 Å². The summed E-state index contributed by atoms with van der Waals surface area (Å²) in [4.78, 5) is 126. The number of ether oxygens (including phenoxy) is 5. The Morgan fingerprint density at radius 3 is 1.06 bits per heavy atom. The maximum atomic E-state index is 12.2. The summed E-state index contributed by atoms with van der Waals surface area (Å²) < 4.78 is 24.4. The molecule has 0 aromatic heterocycles. The standard InChI is InChI=1S/C24H37NO3.C14H17NO3.2C13H15NO3.C12H13NO3/c1-2-3-4-5-6-7-8-9-10-14-17-28-24(27)22-18-23(26)25(20-22)19-21-15-12-11-13-16-21;1-18-14(17)12-9-13(16)15(10-12)8-7-11-5-3-2-4-6-11;1-17-13(16)11-7-12(15)14(9-11)8-10-5-3-2-4-6-10;1-2-17-13(16)10-8-12(15)14(9-10)11-6-4-3-5-7-11;1-16-12(15)9-7-11(14)13(8-9)10-5-3-2-4-6-10/h11-13,15-16,22H,2-10,14,17-20H2,1H3;2-6,12H,7-10H2,1H3;2-6,11H,7-9H2,1H3;3-7,10H,2,8-9H2,1H3;2-6,9H,7-8H2,1H3. The second-order valence-corrected chi connectivity index (χ2v) is 24.5. The van der Waals surface area contributed by atoms with Gasteiger partial charge in [-0.2, -0.15) is 0 Å². The molecule has 10 rings (SSSR count). The van der Waals surface area contributed by atoms with Gasteiger partial charge in [-0.3, -0.25) is 47.9 Å². The minimum absolute atomic E-state index is 0.0178. The van der Waals surface area contributed by atoms with Crippen LogP contribution in [0.5, 0.6) is 0 Å². The first-order valence-electron chi connectivity index (χ1n) is 33.8. The van der Waals surface area contributed by atoms with Gasteiger partial charge in [-0.15, -0.1) is 0 Å². The molecule has 5 amide bonds. The number of amides is 5. The molecule has 5 heterocycles. The number of para-hydroxylation sites is 2. The molecule has 5 fully saturated rings. The smallest absolute Gasteiger partial charge is 0.311 e. The van der Waals surface area contributed by atoms with Crippen LogP contribution in [-0.4, -0.2) is 148 Å². The van der Waals surface area contributed by atoms with Gasteiger partial charge in [0, 0.05) is 95.8 Å². The molecule has 0 N–H and O–H groups in total. The number of hydrogen-bond acceptors (Lipinski definition) is 15. The van der Waals surface area contributed by atoms with E-state index in [0.29, 0.717) is 65.6 Å². The lowest BCUT2D eigenvalue weighted by atomic mass is 10.1. The Bertz CT molecular complexity index is 3230. The SMILES string of the molecule is CCCCCCCCCCCCOC(=O)C1CC(=O)N(Cc2ccccc2)C1.CCOC(=O)C1CC(=O)N(c2ccccc2)C1.COC(=O)C1CC(=O)N(CCc2ccccc2)C1.COC(=O)C1CC(=O)N(Cc2ccccc2)C1.COC(=O)C1CC(=O)N(c2ccccc2)C1. The second kappa shape index (κ2) is 41.6. The van der Waals surface area contributed by atoms with Gasteiger partial charge in [0.2, 0.25) is 29.5 Å². The van der Waals surface area contributed by atoms with Gasteiger partial charge in [0.25, 0.3) is 0 Å². The van der Waals surface area contributed by atoms with E-state index >= 15 is 0 Å². The molecule has 5 atom stereocenters. The number of rotatable bonds is 26. The van der Waals surface area contributed by atoms with Gasteiger partial charge >= 0.3 is 29.8 Å². The monoisotopic (exact) mass is 1320 g/mol. The second-order valence-electron chi connectivity index (χ2n) is 24.5. The zero-order valence-electron chi connectivity index (χ0n) is 56.6. The van der Waals surface area contributed by atoms with E-state index in [0.717, 1.165) is 41.8 Å². The highest BCUT2D eigenvalue weighted by Gasteiger charge is 2.39. The average Bonchev–Trinajstić information content (AvgIpc) is 2.52. The molecule has 20 nitrogen and oxygen atoms in total. The van der Waals surface area contributed by atoms with E-state index < -0.39 is 0 Å². The Morgan fingerprint density at radius 1 is 0.354 bits per heavy atom. The lowest BCUT2D eigenvalue weighted by Crippen LogP contribution is -2.28. The van der Waals surface area contributed by atoms with Crippen molar-refractivity contribution in [3.63, 3.8) is 0 Å². The van der Waals surface area contributed by atoms with E-state index in [1.807, 2.05) is 152 Å². The summed E-state index contributed by atoms with van der Waals surface area (Å²) in [6, 6.07) is 48.4. The van der Waals surface area contributed by atoms with Crippen molar-refractivity contribution in [2.24, 2.45) is 29.6 Å². The van der Waals surface area contributed by atoms with Gasteiger partial charge in [0.1, 0.15) is 0 Å². The first-order chi connectivity index (χ1) is 46.5. The van der Waals surface area contributed by atoms with Crippen molar-refractivity contribution in [2.45, 2.75) is 130 Å². The lowest BCUT2D eigenvalue weighted by Gasteiger charge is -2.16. The molecule has 5 aromatic carbocycles. The van der Waals surface area contributed by atoms with Crippen LogP contribution in [0.1, 0.15) is 127 Å². The van der Waals surface area contributed by atoms with Crippen molar-refractivity contribution in [3.8, 4) is 0 Å². The number of carbonyl (C=O) groups excluding carboxylic acids is 10. The van der Waals surface area contributed by atoms with Crippen molar-refractivity contribution in [3.05, 3.63) is 168 Å². The fourth-order valence-corrected chi connectivity index (χ4v) is 11.9. The fraction of sp³-hybridized carbons (Fsp3) is 0.474. The van der Waals surface area contributed by atoms with E-state index in [4.69, 9.17) is 9.47 Å². The van der Waals surface area contributed by atoms with Crippen LogP contribution in [0.2, 0.25) is 0 Å². The van der Waals surface area contributed by atoms with Crippen LogP contribution in [-0.2, 0) is 91.1 Å². The number of likely N-dealkylation sites (tertiary alicyclic amines) is 3. The molecule has 0 radical (unpaired) electrons. The molecule has 0 spiro atoms. The Labute approximate surface area is 565 Å². The Kier molecular flexibility index (Phi) is 32.8. The molecule has 0 saturated carbocycles. The van der Waals surface area contributed by atoms with Crippen LogP contribution < -0.4 is 9.80 Å². The van der Waals surface area contributed by atoms with Crippen molar-refractivity contribution in [1.82, 2.24) is 14.7 Å². The number of unbranched alkanes of at least 4 members (excludes halogenated alkanes) is 9. The van der Waals surface area contributed by atoms with Gasteiger partial charge < -0.3 is 48.2 Å². The maximum Gasteiger partial charge on any atom is 0.311 e. The maximum absolute atomic E-state index is 12.2. The number of anilines is 2. The summed E-state index contributed by atoms with van der Waals surface area (Å²) in [6.07, 6.45) is 14.8. The molecule has 5 saturated heterocycles. The molecule has 5 aromatic rings. The molecule has 0 bridgehead atoms. The molecule has 96 heavy (non-hydrogen) atoms. The number of carbonyl (C=O) groups is 10. The van der Waals surface area contributed by atoms with E-state index in [2.05, 4.69) is 21.1 Å². The van der Waals surface area contributed by atoms with Crippen molar-refractivity contribution in [1.29, 1.82) is 0 Å². The Balaban J connectivity index is 0.000000193. The summed E-state index contributed by atoms with van der Waals surface area (Å²) in [5.41, 5.74) is 5.04. The van der Waals surface area contributed by atoms with Gasteiger partial charge in [-0.25, -0.2) is 0 Å². The van der Waals surface area contributed by atoms with Crippen molar-refractivity contribution < 1.29 is 71.6 Å². The number of nitrogens with zero attached hydrogens (tertiary/aromatic N) is 5. The minimum Gasteiger partial charge on any atom is -0.469 e. The normalized spacial score (nSPS) is 18.6. The fourth-order valence-electron chi connectivity index (χ4n) is 11.9. The highest BCUT2D eigenvalue weighted by molar-refractivity contribution is 6.00. The highest BCUT2D eigenvalue weighted by atomic mass is 16.5. The zero-order chi connectivity index (χ0) is 69.0. The third kappa shape index (κ3) is 25.2. The Hall–Kier alpha value is -9.20. The summed E-state index contributed by atoms with van der Waals surface area (Å²) in [5, 5.41) is 0. The lowest BCUT2D eigenvalue weighted by molar-refractivity contribution is -0.149. The number of esters is 5. The van der Waals surface area contributed by atoms with Crippen LogP contribution >= 0.6 is 0 Å². The number of benzene rings is 5. The summed E-state index contributed by atoms with van der Waals surface area (Å²) in [6.45, 7) is 8.90. The van der Waals surface area contributed by atoms with E-state index in [1.54, 1.807) is 31.4 Å². The third-order valence-electron chi connectivity index (χ3n) is 17.3. The van der Waals surface area contributed by atoms with Crippen LogP contribution in [0.15, 0.2) is 152 Å². The summed E-state index contributed by atoms with van der Waals surface area (Å²) >= 11 is 0. The van der Waals surface area contributed by atoms with Crippen molar-refractivity contribution in [2.75, 3.05) is 83.6 Å². The molecule has 5 aliphatic rings. The molecular weight excluding hydrogens is 1220 g/mol. The molecule has 20 heteroatoms. The molecule has 516 valence electrons. The first kappa shape index (κ1) is 75.8. The van der Waals surface area contributed by atoms with Crippen LogP contribution in [0, 0.1) is 29.6 Å². The average molecular weight is 1320 g/mol. The number of methoxy groups -OCH3 is 3. The molecule has 5 unspecified atom stereocenters. The van der Waals surface area contributed by atoms with Crippen molar-refractivity contribution >= 4 is 70.8 Å². The van der Waals surface area contributed by atoms with E-state index in [9.17, 15) is 47.9 Å². The quantitative estimate of drug-likeness (QED) is 0.0284. The van der Waals surface area contributed by atoms with Gasteiger partial charge in [0.05, 0.1) is 64.1 Å². The van der Waals surface area contributed by atoms with Gasteiger partial charge in [0.15, 0.2) is 0 Å². The molecule has 5 aliphatic heterocycles. The van der Waals surface area contributed by atoms with E-state index in [-0.39, 0.29) is 121 Å². The minimum atomic E-state index is -0.335. The molecule has 0 aliphatic carbocycles. The first-order valence-corrected chi connectivity index (χ1v) is 33.8. The van der Waals surface area contributed by atoms with Gasteiger partial charge in [-0.05, 0) is 60.7 Å².